The number of Topliss-reactive ketones (excluding diaryl/α,β-unsaturated/α-hetero) is 1. The summed E-state index contributed by atoms with van der Waals surface area (Å²) in [5.41, 5.74) is 4.29. The Morgan fingerprint density at radius 2 is 2.09 bits per heavy atom. The van der Waals surface area contributed by atoms with Crippen molar-refractivity contribution >= 4 is 11.8 Å². The highest BCUT2D eigenvalue weighted by Crippen LogP contribution is 2.56. The number of carbonyl (C=O) groups is 1. The Labute approximate surface area is 194 Å². The first-order chi connectivity index (χ1) is 16.2. The summed E-state index contributed by atoms with van der Waals surface area (Å²) in [5.74, 6) is 4.34. The number of halogens is 3. The minimum Gasteiger partial charge on any atom is -0.462 e. The molecule has 2 N–H and O–H groups in total. The zero-order valence-corrected chi connectivity index (χ0v) is 18.4. The van der Waals surface area contributed by atoms with Crippen molar-refractivity contribution < 1.29 is 27.4 Å². The predicted molar refractivity (Wildman–Crippen MR) is 117 cm³/mol. The first-order valence-electron chi connectivity index (χ1n) is 10.9. The van der Waals surface area contributed by atoms with Crippen LogP contribution in [-0.2, 0) is 21.4 Å². The van der Waals surface area contributed by atoms with Crippen LogP contribution in [0.2, 0.25) is 0 Å². The van der Waals surface area contributed by atoms with E-state index in [1.807, 2.05) is 6.92 Å². The summed E-state index contributed by atoms with van der Waals surface area (Å²) in [4.78, 5) is 20.8. The molecule has 3 atom stereocenters. The number of carbonyl (C=O) groups excluding carboxylic acids is 1. The lowest BCUT2D eigenvalue weighted by Crippen LogP contribution is -2.43. The molecule has 176 valence electrons. The topological polar surface area (TPSA) is 86.8 Å². The van der Waals surface area contributed by atoms with Crippen molar-refractivity contribution in [3.05, 3.63) is 64.7 Å². The van der Waals surface area contributed by atoms with E-state index in [1.54, 1.807) is 12.1 Å². The SMILES string of the molecule is CC1(C#Cc2ccc(C(=O)Cc3ccc(F)c([C@@]4(C(F)F)N=C(N)O[C@@H]5C[C@@H]54)c3)nc2)COC1. The molecule has 1 aromatic heterocycles. The van der Waals surface area contributed by atoms with Crippen LogP contribution in [0.25, 0.3) is 0 Å². The maximum atomic E-state index is 14.8. The standard InChI is InChI=1S/C25H22F3N3O3/c1-24(12-33-13-24)7-6-14-3-5-19(30-11-14)20(32)9-15-2-4-18(26)16(8-15)25(22(27)28)17-10-21(17)34-23(29)31-25/h2-5,8,11,17,21-22H,9-10,12-13H2,1H3,(H2,29,31)/t17-,21+,25+/m0/s1. The summed E-state index contributed by atoms with van der Waals surface area (Å²) in [7, 11) is 0. The minimum absolute atomic E-state index is 0.135. The van der Waals surface area contributed by atoms with Gasteiger partial charge in [0.05, 0.1) is 18.6 Å². The summed E-state index contributed by atoms with van der Waals surface area (Å²) in [6.07, 6.45) is -1.82. The van der Waals surface area contributed by atoms with Crippen molar-refractivity contribution in [1.29, 1.82) is 0 Å². The average molecular weight is 469 g/mol. The van der Waals surface area contributed by atoms with Crippen LogP contribution in [0.1, 0.15) is 40.5 Å². The molecule has 2 aromatic rings. The van der Waals surface area contributed by atoms with Crippen LogP contribution in [0.4, 0.5) is 13.2 Å². The lowest BCUT2D eigenvalue weighted by molar-refractivity contribution is -0.0648. The van der Waals surface area contributed by atoms with Gasteiger partial charge < -0.3 is 15.2 Å². The fraction of sp³-hybridized carbons (Fsp3) is 0.400. The van der Waals surface area contributed by atoms with Gasteiger partial charge in [0.15, 0.2) is 11.3 Å². The van der Waals surface area contributed by atoms with Gasteiger partial charge in [-0.3, -0.25) is 9.78 Å². The van der Waals surface area contributed by atoms with E-state index >= 15 is 0 Å². The first-order valence-corrected chi connectivity index (χ1v) is 10.9. The van der Waals surface area contributed by atoms with Crippen molar-refractivity contribution in [2.45, 2.75) is 37.8 Å². The van der Waals surface area contributed by atoms with E-state index in [4.69, 9.17) is 15.2 Å². The minimum atomic E-state index is -2.99. The zero-order valence-electron chi connectivity index (χ0n) is 18.4. The highest BCUT2D eigenvalue weighted by molar-refractivity contribution is 5.95. The number of rotatable bonds is 5. The highest BCUT2D eigenvalue weighted by Gasteiger charge is 2.64. The van der Waals surface area contributed by atoms with Crippen LogP contribution in [0.15, 0.2) is 41.5 Å². The second-order valence-corrected chi connectivity index (χ2v) is 9.22. The van der Waals surface area contributed by atoms with E-state index in [0.29, 0.717) is 30.8 Å². The van der Waals surface area contributed by atoms with E-state index in [1.165, 1.54) is 18.3 Å². The Kier molecular flexibility index (Phi) is 5.36. The number of benzene rings is 1. The molecule has 0 amide bonds. The van der Waals surface area contributed by atoms with Crippen LogP contribution < -0.4 is 5.73 Å². The van der Waals surface area contributed by atoms with Gasteiger partial charge in [0, 0.05) is 29.7 Å². The molecular formula is C25H22F3N3O3. The number of nitrogens with two attached hydrogens (primary N) is 1. The summed E-state index contributed by atoms with van der Waals surface area (Å²) < 4.78 is 53.7. The van der Waals surface area contributed by atoms with E-state index < -0.39 is 29.8 Å². The molecule has 0 bridgehead atoms. The Morgan fingerprint density at radius 3 is 2.74 bits per heavy atom. The Morgan fingerprint density at radius 1 is 1.29 bits per heavy atom. The Bertz CT molecular complexity index is 1230. The molecule has 3 heterocycles. The van der Waals surface area contributed by atoms with Gasteiger partial charge in [0.2, 0.25) is 0 Å². The number of aliphatic imine (C=N–C) groups is 1. The van der Waals surface area contributed by atoms with Gasteiger partial charge in [-0.25, -0.2) is 18.2 Å². The second-order valence-electron chi connectivity index (χ2n) is 9.22. The molecule has 1 aliphatic carbocycles. The van der Waals surface area contributed by atoms with Crippen LogP contribution in [0.5, 0.6) is 0 Å². The number of pyridine rings is 1. The van der Waals surface area contributed by atoms with Gasteiger partial charge >= 0.3 is 0 Å². The van der Waals surface area contributed by atoms with Gasteiger partial charge in [-0.1, -0.05) is 17.9 Å². The van der Waals surface area contributed by atoms with E-state index in [2.05, 4.69) is 21.8 Å². The highest BCUT2D eigenvalue weighted by atomic mass is 19.3. The molecular weight excluding hydrogens is 447 g/mol. The smallest absolute Gasteiger partial charge is 0.283 e. The third kappa shape index (κ3) is 3.92. The zero-order chi connectivity index (χ0) is 24.1. The van der Waals surface area contributed by atoms with E-state index in [9.17, 15) is 18.0 Å². The number of alkyl halides is 2. The van der Waals surface area contributed by atoms with Gasteiger partial charge in [-0.05, 0) is 43.2 Å². The fourth-order valence-electron chi connectivity index (χ4n) is 4.40. The van der Waals surface area contributed by atoms with Crippen LogP contribution >= 0.6 is 0 Å². The summed E-state index contributed by atoms with van der Waals surface area (Å²) in [6.45, 7) is 3.18. The molecule has 1 saturated carbocycles. The quantitative estimate of drug-likeness (QED) is 0.537. The Balaban J connectivity index is 1.37. The molecule has 0 unspecified atom stereocenters. The van der Waals surface area contributed by atoms with Gasteiger partial charge in [0.1, 0.15) is 17.6 Å². The normalized spacial score (nSPS) is 26.3. The lowest BCUT2D eigenvalue weighted by atomic mass is 9.83. The van der Waals surface area contributed by atoms with Gasteiger partial charge in [-0.2, -0.15) is 0 Å². The first kappa shape index (κ1) is 22.4. The van der Waals surface area contributed by atoms with E-state index in [-0.39, 0.29) is 34.9 Å². The molecule has 1 aromatic carbocycles. The number of amidine groups is 1. The summed E-state index contributed by atoms with van der Waals surface area (Å²) >= 11 is 0. The van der Waals surface area contributed by atoms with Crippen LogP contribution in [0.3, 0.4) is 0 Å². The molecule has 5 rings (SSSR count). The van der Waals surface area contributed by atoms with Gasteiger partial charge in [-0.15, -0.1) is 0 Å². The predicted octanol–water partition coefficient (Wildman–Crippen LogP) is 3.23. The molecule has 9 heteroatoms. The number of ketones is 1. The average Bonchev–Trinajstić information content (AvgIpc) is 3.57. The van der Waals surface area contributed by atoms with Crippen molar-refractivity contribution in [3.63, 3.8) is 0 Å². The monoisotopic (exact) mass is 469 g/mol. The molecule has 0 spiro atoms. The molecule has 2 aliphatic heterocycles. The molecule has 34 heavy (non-hydrogen) atoms. The molecule has 6 nitrogen and oxygen atoms in total. The summed E-state index contributed by atoms with van der Waals surface area (Å²) in [5, 5.41) is 0. The maximum absolute atomic E-state index is 14.8. The number of aromatic nitrogens is 1. The largest absolute Gasteiger partial charge is 0.462 e. The van der Waals surface area contributed by atoms with Crippen molar-refractivity contribution in [1.82, 2.24) is 4.98 Å². The fourth-order valence-corrected chi connectivity index (χ4v) is 4.40. The van der Waals surface area contributed by atoms with Crippen LogP contribution in [0, 0.1) is 29.0 Å². The molecule has 0 radical (unpaired) electrons. The molecule has 1 saturated heterocycles. The third-order valence-electron chi connectivity index (χ3n) is 6.42. The number of ether oxygens (including phenoxy) is 2. The van der Waals surface area contributed by atoms with E-state index in [0.717, 1.165) is 6.07 Å². The Hall–Kier alpha value is -3.38. The van der Waals surface area contributed by atoms with Crippen LogP contribution in [-0.4, -0.2) is 42.5 Å². The third-order valence-corrected chi connectivity index (χ3v) is 6.42. The number of hydrogen-bond donors (Lipinski definition) is 1. The number of hydrogen-bond acceptors (Lipinski definition) is 6. The molecule has 3 aliphatic rings. The van der Waals surface area contributed by atoms with Crippen molar-refractivity contribution in [2.24, 2.45) is 22.1 Å². The second kappa shape index (κ2) is 8.13. The van der Waals surface area contributed by atoms with Gasteiger partial charge in [0.25, 0.3) is 12.4 Å². The maximum Gasteiger partial charge on any atom is 0.283 e. The summed E-state index contributed by atoms with van der Waals surface area (Å²) in [6, 6.07) is 6.63. The lowest BCUT2D eigenvalue weighted by Gasteiger charge is -2.33. The molecule has 2 fully saturated rings. The number of nitrogens with zero attached hydrogens (tertiary/aromatic N) is 2. The van der Waals surface area contributed by atoms with Crippen molar-refractivity contribution in [3.8, 4) is 11.8 Å². The van der Waals surface area contributed by atoms with Crippen molar-refractivity contribution in [2.75, 3.05) is 13.2 Å². The number of fused-ring (bicyclic) bond motifs is 1.